The van der Waals surface area contributed by atoms with Crippen LogP contribution in [-0.2, 0) is 6.42 Å². The Morgan fingerprint density at radius 2 is 2.11 bits per heavy atom. The molecule has 3 aromatic rings. The minimum absolute atomic E-state index is 0.484. The number of fused-ring (bicyclic) bond motifs is 1. The Morgan fingerprint density at radius 1 is 1.25 bits per heavy atom. The van der Waals surface area contributed by atoms with Crippen LogP contribution < -0.4 is 15.5 Å². The molecule has 4 rings (SSSR count). The molecule has 1 fully saturated rings. The number of aliphatic imine (C=N–C) groups is 1. The summed E-state index contributed by atoms with van der Waals surface area (Å²) in [6.07, 6.45) is 4.21. The molecule has 28 heavy (non-hydrogen) atoms. The fraction of sp³-hybridized carbons (Fsp3) is 0.429. The second kappa shape index (κ2) is 9.10. The van der Waals surface area contributed by atoms with Gasteiger partial charge in [-0.3, -0.25) is 4.99 Å². The molecule has 3 N–H and O–H groups in total. The number of benzene rings is 1. The predicted molar refractivity (Wildman–Crippen MR) is 118 cm³/mol. The fourth-order valence-electron chi connectivity index (χ4n) is 3.67. The van der Waals surface area contributed by atoms with Gasteiger partial charge in [0.1, 0.15) is 5.82 Å². The average Bonchev–Trinajstić information content (AvgIpc) is 3.40. The molecule has 1 saturated heterocycles. The van der Waals surface area contributed by atoms with E-state index in [9.17, 15) is 0 Å². The van der Waals surface area contributed by atoms with E-state index in [0.717, 1.165) is 68.1 Å². The van der Waals surface area contributed by atoms with E-state index in [2.05, 4.69) is 54.1 Å². The maximum atomic E-state index is 4.64. The zero-order valence-corrected chi connectivity index (χ0v) is 17.1. The maximum absolute atomic E-state index is 4.64. The molecule has 0 radical (unpaired) electrons. The van der Waals surface area contributed by atoms with Crippen LogP contribution in [0.1, 0.15) is 25.1 Å². The second-order valence-corrected chi connectivity index (χ2v) is 8.09. The maximum Gasteiger partial charge on any atom is 0.191 e. The number of guanidine groups is 1. The van der Waals surface area contributed by atoms with Crippen LogP contribution in [0.4, 0.5) is 5.00 Å². The van der Waals surface area contributed by atoms with Crippen LogP contribution in [-0.4, -0.2) is 48.7 Å². The first-order valence-corrected chi connectivity index (χ1v) is 10.9. The number of aromatic nitrogens is 2. The van der Waals surface area contributed by atoms with Crippen molar-refractivity contribution in [2.75, 3.05) is 31.6 Å². The number of hydrogen-bond acceptors (Lipinski definition) is 4. The molecule has 6 nitrogen and oxygen atoms in total. The zero-order valence-electron chi connectivity index (χ0n) is 16.3. The number of anilines is 1. The van der Waals surface area contributed by atoms with Crippen LogP contribution in [0.25, 0.3) is 11.0 Å². The largest absolute Gasteiger partial charge is 0.363 e. The Hall–Kier alpha value is -2.54. The number of aryl methyl sites for hydroxylation is 1. The summed E-state index contributed by atoms with van der Waals surface area (Å²) in [4.78, 5) is 14.9. The van der Waals surface area contributed by atoms with Gasteiger partial charge in [-0.25, -0.2) is 4.98 Å². The third-order valence-electron chi connectivity index (χ3n) is 5.20. The lowest BCUT2D eigenvalue weighted by atomic mass is 10.1. The molecule has 7 heteroatoms. The van der Waals surface area contributed by atoms with E-state index in [-0.39, 0.29) is 0 Å². The van der Waals surface area contributed by atoms with Gasteiger partial charge in [-0.05, 0) is 48.9 Å². The third kappa shape index (κ3) is 4.65. The standard InChI is InChI=1S/C21H28N6S/c1-22-21(24-16-10-13-27(14-11-16)20-9-5-15-28-20)23-12-4-8-19-25-17-6-2-3-7-18(17)26-19/h2-3,5-7,9,15-16H,4,8,10-14H2,1H3,(H,25,26)(H2,22,23,24). The first-order valence-electron chi connectivity index (χ1n) is 10.0. The van der Waals surface area contributed by atoms with Crippen molar-refractivity contribution in [2.45, 2.75) is 31.7 Å². The highest BCUT2D eigenvalue weighted by Crippen LogP contribution is 2.24. The van der Waals surface area contributed by atoms with Gasteiger partial charge in [-0.1, -0.05) is 12.1 Å². The molecule has 0 aliphatic carbocycles. The lowest BCUT2D eigenvalue weighted by Gasteiger charge is -2.33. The van der Waals surface area contributed by atoms with Crippen LogP contribution in [0, 0.1) is 0 Å². The fourth-order valence-corrected chi connectivity index (χ4v) is 4.45. The number of piperidine rings is 1. The zero-order chi connectivity index (χ0) is 19.2. The SMILES string of the molecule is CN=C(NCCCc1nc2ccccc2[nH]1)NC1CCN(c2cccs2)CC1. The topological polar surface area (TPSA) is 68.3 Å². The van der Waals surface area contributed by atoms with Gasteiger partial charge in [0.2, 0.25) is 0 Å². The van der Waals surface area contributed by atoms with E-state index < -0.39 is 0 Å². The molecule has 1 aromatic carbocycles. The minimum Gasteiger partial charge on any atom is -0.363 e. The van der Waals surface area contributed by atoms with Gasteiger partial charge < -0.3 is 20.5 Å². The molecular formula is C21H28N6S. The van der Waals surface area contributed by atoms with E-state index >= 15 is 0 Å². The quantitative estimate of drug-likeness (QED) is 0.339. The predicted octanol–water partition coefficient (Wildman–Crippen LogP) is 3.39. The van der Waals surface area contributed by atoms with Crippen LogP contribution in [0.3, 0.4) is 0 Å². The van der Waals surface area contributed by atoms with Gasteiger partial charge in [0, 0.05) is 39.1 Å². The molecule has 2 aromatic heterocycles. The number of imidazole rings is 1. The summed E-state index contributed by atoms with van der Waals surface area (Å²) in [5, 5.41) is 10.6. The van der Waals surface area contributed by atoms with Gasteiger partial charge in [0.15, 0.2) is 5.96 Å². The summed E-state index contributed by atoms with van der Waals surface area (Å²) in [6, 6.07) is 13.0. The number of H-pyrrole nitrogens is 1. The minimum atomic E-state index is 0.484. The molecule has 0 bridgehead atoms. The van der Waals surface area contributed by atoms with E-state index in [1.807, 2.05) is 36.6 Å². The summed E-state index contributed by atoms with van der Waals surface area (Å²) in [6.45, 7) is 3.08. The van der Waals surface area contributed by atoms with Crippen LogP contribution in [0.2, 0.25) is 0 Å². The smallest absolute Gasteiger partial charge is 0.191 e. The third-order valence-corrected chi connectivity index (χ3v) is 6.13. The lowest BCUT2D eigenvalue weighted by molar-refractivity contribution is 0.462. The van der Waals surface area contributed by atoms with Crippen molar-refractivity contribution in [3.63, 3.8) is 0 Å². The molecule has 148 valence electrons. The Kier molecular flexibility index (Phi) is 6.11. The van der Waals surface area contributed by atoms with Crippen molar-refractivity contribution in [1.82, 2.24) is 20.6 Å². The van der Waals surface area contributed by atoms with Crippen LogP contribution >= 0.6 is 11.3 Å². The van der Waals surface area contributed by atoms with Crippen molar-refractivity contribution in [3.8, 4) is 0 Å². The van der Waals surface area contributed by atoms with Gasteiger partial charge in [-0.2, -0.15) is 0 Å². The van der Waals surface area contributed by atoms with E-state index in [0.29, 0.717) is 6.04 Å². The van der Waals surface area contributed by atoms with Gasteiger partial charge in [0.05, 0.1) is 16.0 Å². The first-order chi connectivity index (χ1) is 13.8. The monoisotopic (exact) mass is 396 g/mol. The molecule has 0 atom stereocenters. The Labute approximate surface area is 170 Å². The van der Waals surface area contributed by atoms with Crippen LogP contribution in [0.15, 0.2) is 46.8 Å². The van der Waals surface area contributed by atoms with Crippen molar-refractivity contribution in [2.24, 2.45) is 4.99 Å². The Balaban J connectivity index is 1.18. The number of aromatic amines is 1. The lowest BCUT2D eigenvalue weighted by Crippen LogP contribution is -2.48. The number of hydrogen-bond donors (Lipinski definition) is 3. The van der Waals surface area contributed by atoms with Crippen molar-refractivity contribution in [3.05, 3.63) is 47.6 Å². The summed E-state index contributed by atoms with van der Waals surface area (Å²) in [5.74, 6) is 1.95. The van der Waals surface area contributed by atoms with Gasteiger partial charge >= 0.3 is 0 Å². The summed E-state index contributed by atoms with van der Waals surface area (Å²) in [7, 11) is 1.84. The molecule has 0 saturated carbocycles. The van der Waals surface area contributed by atoms with Crippen molar-refractivity contribution < 1.29 is 0 Å². The highest BCUT2D eigenvalue weighted by molar-refractivity contribution is 7.14. The van der Waals surface area contributed by atoms with Crippen LogP contribution in [0.5, 0.6) is 0 Å². The van der Waals surface area contributed by atoms with Crippen molar-refractivity contribution in [1.29, 1.82) is 0 Å². The summed E-state index contributed by atoms with van der Waals surface area (Å²) >= 11 is 1.82. The van der Waals surface area contributed by atoms with E-state index in [4.69, 9.17) is 0 Å². The van der Waals surface area contributed by atoms with E-state index in [1.165, 1.54) is 5.00 Å². The molecule has 0 amide bonds. The number of nitrogens with zero attached hydrogens (tertiary/aromatic N) is 3. The Bertz CT molecular complexity index is 860. The second-order valence-electron chi connectivity index (χ2n) is 7.16. The highest BCUT2D eigenvalue weighted by atomic mass is 32.1. The summed E-state index contributed by atoms with van der Waals surface area (Å²) in [5.41, 5.74) is 2.15. The first kappa shape index (κ1) is 18.8. The molecule has 1 aliphatic rings. The molecular weight excluding hydrogens is 368 g/mol. The van der Waals surface area contributed by atoms with Crippen molar-refractivity contribution >= 4 is 33.3 Å². The molecule has 3 heterocycles. The average molecular weight is 397 g/mol. The highest BCUT2D eigenvalue weighted by Gasteiger charge is 2.20. The Morgan fingerprint density at radius 3 is 2.86 bits per heavy atom. The molecule has 0 spiro atoms. The normalized spacial score (nSPS) is 15.9. The number of para-hydroxylation sites is 2. The van der Waals surface area contributed by atoms with Gasteiger partial charge in [0.25, 0.3) is 0 Å². The number of thiophene rings is 1. The van der Waals surface area contributed by atoms with Gasteiger partial charge in [-0.15, -0.1) is 11.3 Å². The number of rotatable bonds is 6. The van der Waals surface area contributed by atoms with E-state index in [1.54, 1.807) is 0 Å². The molecule has 1 aliphatic heterocycles. The number of nitrogens with one attached hydrogen (secondary N) is 3. The molecule has 0 unspecified atom stereocenters. The summed E-state index contributed by atoms with van der Waals surface area (Å²) < 4.78 is 0.